The SMILES string of the molecule is CCC1CCCN1c1ncc(F)cc1CN. The number of hydrogen-bond donors (Lipinski definition) is 1. The zero-order valence-corrected chi connectivity index (χ0v) is 9.62. The van der Waals surface area contributed by atoms with Crippen LogP contribution in [0.1, 0.15) is 31.7 Å². The van der Waals surface area contributed by atoms with Crippen molar-refractivity contribution in [3.63, 3.8) is 0 Å². The Kier molecular flexibility index (Phi) is 3.39. The topological polar surface area (TPSA) is 42.2 Å². The molecule has 0 aromatic carbocycles. The molecule has 2 heterocycles. The van der Waals surface area contributed by atoms with E-state index >= 15 is 0 Å². The van der Waals surface area contributed by atoms with Crippen molar-refractivity contribution in [1.82, 2.24) is 4.98 Å². The van der Waals surface area contributed by atoms with Crippen LogP contribution in [0.4, 0.5) is 10.2 Å². The fourth-order valence-electron chi connectivity index (χ4n) is 2.42. The molecule has 4 heteroatoms. The minimum atomic E-state index is -0.309. The number of nitrogens with zero attached hydrogens (tertiary/aromatic N) is 2. The van der Waals surface area contributed by atoms with Gasteiger partial charge in [-0.1, -0.05) is 6.92 Å². The van der Waals surface area contributed by atoms with E-state index in [2.05, 4.69) is 16.8 Å². The second-order valence-corrected chi connectivity index (χ2v) is 4.24. The fraction of sp³-hybridized carbons (Fsp3) is 0.583. The summed E-state index contributed by atoms with van der Waals surface area (Å²) in [6.07, 6.45) is 4.75. The number of nitrogens with two attached hydrogens (primary N) is 1. The van der Waals surface area contributed by atoms with Gasteiger partial charge in [-0.2, -0.15) is 0 Å². The van der Waals surface area contributed by atoms with Gasteiger partial charge in [-0.05, 0) is 25.3 Å². The van der Waals surface area contributed by atoms with Crippen LogP contribution >= 0.6 is 0 Å². The number of pyridine rings is 1. The Bertz CT molecular complexity index is 367. The van der Waals surface area contributed by atoms with E-state index in [0.29, 0.717) is 12.6 Å². The quantitative estimate of drug-likeness (QED) is 0.852. The van der Waals surface area contributed by atoms with Crippen molar-refractivity contribution in [3.8, 4) is 0 Å². The number of hydrogen-bond acceptors (Lipinski definition) is 3. The Morgan fingerprint density at radius 3 is 3.12 bits per heavy atom. The Morgan fingerprint density at radius 2 is 2.44 bits per heavy atom. The summed E-state index contributed by atoms with van der Waals surface area (Å²) in [4.78, 5) is 6.47. The van der Waals surface area contributed by atoms with Crippen molar-refractivity contribution in [2.75, 3.05) is 11.4 Å². The molecule has 0 saturated carbocycles. The molecule has 1 aliphatic heterocycles. The summed E-state index contributed by atoms with van der Waals surface area (Å²) in [5.41, 5.74) is 6.45. The summed E-state index contributed by atoms with van der Waals surface area (Å²) < 4.78 is 13.1. The van der Waals surface area contributed by atoms with Crippen LogP contribution in [0.5, 0.6) is 0 Å². The van der Waals surface area contributed by atoms with Crippen molar-refractivity contribution >= 4 is 5.82 Å². The molecule has 1 unspecified atom stereocenters. The Morgan fingerprint density at radius 1 is 1.62 bits per heavy atom. The molecule has 0 amide bonds. The van der Waals surface area contributed by atoms with Crippen LogP contribution in [-0.4, -0.2) is 17.6 Å². The summed E-state index contributed by atoms with van der Waals surface area (Å²) >= 11 is 0. The van der Waals surface area contributed by atoms with Gasteiger partial charge in [0.05, 0.1) is 6.20 Å². The monoisotopic (exact) mass is 223 g/mol. The molecule has 1 fully saturated rings. The first-order chi connectivity index (χ1) is 7.76. The number of rotatable bonds is 3. The van der Waals surface area contributed by atoms with Gasteiger partial charge in [0, 0.05) is 24.7 Å². The van der Waals surface area contributed by atoms with Gasteiger partial charge in [0.2, 0.25) is 0 Å². The van der Waals surface area contributed by atoms with Crippen LogP contribution in [0.15, 0.2) is 12.3 Å². The third kappa shape index (κ3) is 2.02. The van der Waals surface area contributed by atoms with Gasteiger partial charge in [0.15, 0.2) is 0 Å². The number of halogens is 1. The standard InChI is InChI=1S/C12H18FN3/c1-2-11-4-3-5-16(11)12-9(7-14)6-10(13)8-15-12/h6,8,11H,2-5,7,14H2,1H3. The van der Waals surface area contributed by atoms with Crippen LogP contribution in [0, 0.1) is 5.82 Å². The maximum absolute atomic E-state index is 13.1. The van der Waals surface area contributed by atoms with E-state index < -0.39 is 0 Å². The molecular formula is C12H18FN3. The van der Waals surface area contributed by atoms with Crippen molar-refractivity contribution in [1.29, 1.82) is 0 Å². The lowest BCUT2D eigenvalue weighted by atomic mass is 10.1. The number of anilines is 1. The predicted molar refractivity (Wildman–Crippen MR) is 62.7 cm³/mol. The zero-order valence-electron chi connectivity index (χ0n) is 9.62. The molecule has 0 bridgehead atoms. The van der Waals surface area contributed by atoms with Gasteiger partial charge in [0.1, 0.15) is 11.6 Å². The summed E-state index contributed by atoms with van der Waals surface area (Å²) in [6.45, 7) is 3.52. The highest BCUT2D eigenvalue weighted by molar-refractivity contribution is 5.48. The van der Waals surface area contributed by atoms with Crippen LogP contribution < -0.4 is 10.6 Å². The smallest absolute Gasteiger partial charge is 0.141 e. The molecule has 0 radical (unpaired) electrons. The maximum Gasteiger partial charge on any atom is 0.141 e. The largest absolute Gasteiger partial charge is 0.353 e. The number of aromatic nitrogens is 1. The highest BCUT2D eigenvalue weighted by Crippen LogP contribution is 2.28. The molecule has 2 rings (SSSR count). The normalized spacial score (nSPS) is 20.4. The lowest BCUT2D eigenvalue weighted by molar-refractivity contribution is 0.610. The summed E-state index contributed by atoms with van der Waals surface area (Å²) in [6, 6.07) is 2.02. The highest BCUT2D eigenvalue weighted by Gasteiger charge is 2.25. The molecule has 2 N–H and O–H groups in total. The third-order valence-corrected chi connectivity index (χ3v) is 3.25. The van der Waals surface area contributed by atoms with E-state index in [9.17, 15) is 4.39 Å². The minimum Gasteiger partial charge on any atom is -0.353 e. The van der Waals surface area contributed by atoms with Gasteiger partial charge in [-0.25, -0.2) is 9.37 Å². The first kappa shape index (κ1) is 11.3. The van der Waals surface area contributed by atoms with Gasteiger partial charge in [0.25, 0.3) is 0 Å². The van der Waals surface area contributed by atoms with E-state index in [1.165, 1.54) is 25.1 Å². The van der Waals surface area contributed by atoms with E-state index in [0.717, 1.165) is 24.3 Å². The Balaban J connectivity index is 2.31. The average molecular weight is 223 g/mol. The zero-order chi connectivity index (χ0) is 11.5. The van der Waals surface area contributed by atoms with Gasteiger partial charge < -0.3 is 10.6 Å². The van der Waals surface area contributed by atoms with E-state index in [1.807, 2.05) is 0 Å². The molecule has 1 saturated heterocycles. The van der Waals surface area contributed by atoms with Gasteiger partial charge in [-0.15, -0.1) is 0 Å². The van der Waals surface area contributed by atoms with E-state index in [4.69, 9.17) is 5.73 Å². The van der Waals surface area contributed by atoms with Crippen LogP contribution in [-0.2, 0) is 6.54 Å². The highest BCUT2D eigenvalue weighted by atomic mass is 19.1. The van der Waals surface area contributed by atoms with Crippen LogP contribution in [0.2, 0.25) is 0 Å². The van der Waals surface area contributed by atoms with Gasteiger partial charge in [-0.3, -0.25) is 0 Å². The molecule has 0 aliphatic carbocycles. The van der Waals surface area contributed by atoms with Crippen molar-refractivity contribution in [2.45, 2.75) is 38.8 Å². The lowest BCUT2D eigenvalue weighted by Crippen LogP contribution is -2.30. The van der Waals surface area contributed by atoms with Crippen LogP contribution in [0.25, 0.3) is 0 Å². The first-order valence-electron chi connectivity index (χ1n) is 5.87. The average Bonchev–Trinajstić information content (AvgIpc) is 2.76. The molecule has 16 heavy (non-hydrogen) atoms. The predicted octanol–water partition coefficient (Wildman–Crippen LogP) is 2.06. The molecule has 1 aromatic heterocycles. The van der Waals surface area contributed by atoms with E-state index in [-0.39, 0.29) is 5.82 Å². The van der Waals surface area contributed by atoms with Gasteiger partial charge >= 0.3 is 0 Å². The summed E-state index contributed by atoms with van der Waals surface area (Å²) in [5, 5.41) is 0. The first-order valence-corrected chi connectivity index (χ1v) is 5.87. The Labute approximate surface area is 95.5 Å². The van der Waals surface area contributed by atoms with E-state index in [1.54, 1.807) is 0 Å². The molecule has 1 aliphatic rings. The molecule has 1 atom stereocenters. The fourth-order valence-corrected chi connectivity index (χ4v) is 2.42. The second-order valence-electron chi connectivity index (χ2n) is 4.24. The Hall–Kier alpha value is -1.16. The van der Waals surface area contributed by atoms with Crippen molar-refractivity contribution in [2.24, 2.45) is 5.73 Å². The second kappa shape index (κ2) is 4.78. The summed E-state index contributed by atoms with van der Waals surface area (Å²) in [7, 11) is 0. The molecule has 0 spiro atoms. The third-order valence-electron chi connectivity index (χ3n) is 3.25. The molecule has 1 aromatic rings. The lowest BCUT2D eigenvalue weighted by Gasteiger charge is -2.26. The van der Waals surface area contributed by atoms with Crippen molar-refractivity contribution in [3.05, 3.63) is 23.6 Å². The maximum atomic E-state index is 13.1. The van der Waals surface area contributed by atoms with Crippen molar-refractivity contribution < 1.29 is 4.39 Å². The summed E-state index contributed by atoms with van der Waals surface area (Å²) in [5.74, 6) is 0.560. The molecule has 3 nitrogen and oxygen atoms in total. The van der Waals surface area contributed by atoms with Crippen LogP contribution in [0.3, 0.4) is 0 Å². The molecular weight excluding hydrogens is 205 g/mol. The minimum absolute atomic E-state index is 0.309. The molecule has 88 valence electrons.